The van der Waals surface area contributed by atoms with Crippen molar-refractivity contribution in [2.75, 3.05) is 13.6 Å². The first-order valence-electron chi connectivity index (χ1n) is 6.10. The second-order valence-electron chi connectivity index (χ2n) is 4.78. The van der Waals surface area contributed by atoms with Crippen molar-refractivity contribution >= 4 is 34.6 Å². The predicted octanol–water partition coefficient (Wildman–Crippen LogP) is 2.43. The zero-order valence-electron chi connectivity index (χ0n) is 11.6. The molecule has 106 valence electrons. The van der Waals surface area contributed by atoms with Crippen LogP contribution in [0.25, 0.3) is 0 Å². The lowest BCUT2D eigenvalue weighted by molar-refractivity contribution is -0.122. The first-order chi connectivity index (χ1) is 8.81. The maximum Gasteiger partial charge on any atom is 0.234 e. The molecule has 19 heavy (non-hydrogen) atoms. The Hall–Kier alpha value is -0.910. The van der Waals surface area contributed by atoms with E-state index < -0.39 is 0 Å². The standard InChI is InChI=1S/C13H19ClN2O2S/c1-8(2)15-12(17)7-16(4)9(3)13(18)10-5-6-11(14)19-10/h5-6,8-9H,7H2,1-4H3,(H,15,17). The molecule has 6 heteroatoms. The second kappa shape index (κ2) is 7.03. The van der Waals surface area contributed by atoms with Gasteiger partial charge in [-0.2, -0.15) is 0 Å². The maximum absolute atomic E-state index is 12.2. The molecule has 1 rings (SSSR count). The van der Waals surface area contributed by atoms with Crippen molar-refractivity contribution in [1.82, 2.24) is 10.2 Å². The smallest absolute Gasteiger partial charge is 0.234 e. The molecule has 1 atom stereocenters. The number of halogens is 1. The van der Waals surface area contributed by atoms with E-state index in [0.717, 1.165) is 0 Å². The van der Waals surface area contributed by atoms with Crippen LogP contribution in [0.4, 0.5) is 0 Å². The lowest BCUT2D eigenvalue weighted by atomic mass is 10.1. The topological polar surface area (TPSA) is 49.4 Å². The van der Waals surface area contributed by atoms with Gasteiger partial charge in [-0.25, -0.2) is 0 Å². The van der Waals surface area contributed by atoms with E-state index in [9.17, 15) is 9.59 Å². The second-order valence-corrected chi connectivity index (χ2v) is 6.50. The molecule has 0 saturated carbocycles. The van der Waals surface area contributed by atoms with Crippen LogP contribution in [0.5, 0.6) is 0 Å². The van der Waals surface area contributed by atoms with E-state index in [1.54, 1.807) is 31.0 Å². The minimum absolute atomic E-state index is 0.0169. The molecule has 1 amide bonds. The molecule has 0 spiro atoms. The van der Waals surface area contributed by atoms with Crippen molar-refractivity contribution in [3.05, 3.63) is 21.3 Å². The monoisotopic (exact) mass is 302 g/mol. The van der Waals surface area contributed by atoms with Gasteiger partial charge in [-0.3, -0.25) is 14.5 Å². The summed E-state index contributed by atoms with van der Waals surface area (Å²) in [4.78, 5) is 26.2. The normalized spacial score (nSPS) is 12.8. The van der Waals surface area contributed by atoms with Crippen LogP contribution in [0.2, 0.25) is 4.34 Å². The summed E-state index contributed by atoms with van der Waals surface area (Å²) in [6, 6.07) is 3.17. The highest BCUT2D eigenvalue weighted by molar-refractivity contribution is 7.18. The summed E-state index contributed by atoms with van der Waals surface area (Å²) in [6.45, 7) is 5.79. The van der Waals surface area contributed by atoms with Crippen molar-refractivity contribution in [2.24, 2.45) is 0 Å². The quantitative estimate of drug-likeness (QED) is 0.821. The number of carbonyl (C=O) groups excluding carboxylic acids is 2. The number of amides is 1. The zero-order chi connectivity index (χ0) is 14.6. The van der Waals surface area contributed by atoms with Crippen molar-refractivity contribution in [3.63, 3.8) is 0 Å². The Morgan fingerprint density at radius 2 is 2.00 bits per heavy atom. The lowest BCUT2D eigenvalue weighted by Crippen LogP contribution is -2.44. The van der Waals surface area contributed by atoms with Gasteiger partial charge in [-0.1, -0.05) is 11.6 Å². The first-order valence-corrected chi connectivity index (χ1v) is 7.30. The van der Waals surface area contributed by atoms with Crippen LogP contribution in [0.1, 0.15) is 30.4 Å². The number of nitrogens with one attached hydrogen (secondary N) is 1. The Kier molecular flexibility index (Phi) is 5.97. The number of likely N-dealkylation sites (N-methyl/N-ethyl adjacent to an activating group) is 1. The third-order valence-corrected chi connectivity index (χ3v) is 3.95. The molecule has 1 aromatic rings. The van der Waals surface area contributed by atoms with Crippen LogP contribution in [0.15, 0.2) is 12.1 Å². The van der Waals surface area contributed by atoms with Crippen LogP contribution in [0, 0.1) is 0 Å². The Morgan fingerprint density at radius 1 is 1.37 bits per heavy atom. The van der Waals surface area contributed by atoms with Gasteiger partial charge in [-0.05, 0) is 40.0 Å². The summed E-state index contributed by atoms with van der Waals surface area (Å²) in [5, 5.41) is 2.80. The van der Waals surface area contributed by atoms with Gasteiger partial charge in [0.2, 0.25) is 5.91 Å². The van der Waals surface area contributed by atoms with Crippen molar-refractivity contribution < 1.29 is 9.59 Å². The van der Waals surface area contributed by atoms with Crippen molar-refractivity contribution in [3.8, 4) is 0 Å². The van der Waals surface area contributed by atoms with Gasteiger partial charge < -0.3 is 5.32 Å². The predicted molar refractivity (Wildman–Crippen MR) is 79.0 cm³/mol. The highest BCUT2D eigenvalue weighted by Crippen LogP contribution is 2.23. The highest BCUT2D eigenvalue weighted by atomic mass is 35.5. The Morgan fingerprint density at radius 3 is 2.47 bits per heavy atom. The van der Waals surface area contributed by atoms with Gasteiger partial charge in [0, 0.05) is 6.04 Å². The fourth-order valence-electron chi connectivity index (χ4n) is 1.58. The summed E-state index contributed by atoms with van der Waals surface area (Å²) in [5.74, 6) is -0.0990. The molecular weight excluding hydrogens is 284 g/mol. The minimum atomic E-state index is -0.354. The van der Waals surface area contributed by atoms with Crippen LogP contribution in [0.3, 0.4) is 0 Å². The number of carbonyl (C=O) groups is 2. The summed E-state index contributed by atoms with van der Waals surface area (Å²) in [6.07, 6.45) is 0. The first kappa shape index (κ1) is 16.1. The van der Waals surface area contributed by atoms with Crippen LogP contribution < -0.4 is 5.32 Å². The minimum Gasteiger partial charge on any atom is -0.353 e. The average molecular weight is 303 g/mol. The molecule has 0 aromatic carbocycles. The molecule has 0 fully saturated rings. The van der Waals surface area contributed by atoms with Crippen LogP contribution in [-0.4, -0.2) is 42.3 Å². The zero-order valence-corrected chi connectivity index (χ0v) is 13.1. The third kappa shape index (κ3) is 4.93. The van der Waals surface area contributed by atoms with Crippen LogP contribution in [-0.2, 0) is 4.79 Å². The molecule has 0 aliphatic carbocycles. The van der Waals surface area contributed by atoms with Crippen molar-refractivity contribution in [2.45, 2.75) is 32.9 Å². The number of rotatable bonds is 6. The summed E-state index contributed by atoms with van der Waals surface area (Å²) >= 11 is 7.08. The molecule has 0 bridgehead atoms. The van der Waals surface area contributed by atoms with Gasteiger partial charge in [-0.15, -0.1) is 11.3 Å². The SMILES string of the molecule is CC(C)NC(=O)CN(C)C(C)C(=O)c1ccc(Cl)s1. The Bertz CT molecular complexity index is 459. The Balaban J connectivity index is 2.59. The van der Waals surface area contributed by atoms with Crippen LogP contribution >= 0.6 is 22.9 Å². The average Bonchev–Trinajstić information content (AvgIpc) is 2.72. The molecule has 0 aliphatic rings. The summed E-state index contributed by atoms with van der Waals surface area (Å²) in [5.41, 5.74) is 0. The molecule has 1 aromatic heterocycles. The van der Waals surface area contributed by atoms with E-state index in [1.807, 2.05) is 13.8 Å². The molecular formula is C13H19ClN2O2S. The number of nitrogens with zero attached hydrogens (tertiary/aromatic N) is 1. The molecule has 0 saturated heterocycles. The van der Waals surface area contributed by atoms with Gasteiger partial charge in [0.15, 0.2) is 5.78 Å². The van der Waals surface area contributed by atoms with E-state index in [0.29, 0.717) is 9.21 Å². The Labute approximate surface area is 122 Å². The maximum atomic E-state index is 12.2. The summed E-state index contributed by atoms with van der Waals surface area (Å²) in [7, 11) is 1.76. The van der Waals surface area contributed by atoms with E-state index in [4.69, 9.17) is 11.6 Å². The molecule has 1 N–H and O–H groups in total. The fraction of sp³-hybridized carbons (Fsp3) is 0.538. The van der Waals surface area contributed by atoms with E-state index in [2.05, 4.69) is 5.32 Å². The van der Waals surface area contributed by atoms with Gasteiger partial charge in [0.05, 0.1) is 21.8 Å². The fourth-order valence-corrected chi connectivity index (χ4v) is 2.65. The van der Waals surface area contributed by atoms with E-state index >= 15 is 0 Å². The summed E-state index contributed by atoms with van der Waals surface area (Å²) < 4.78 is 0.593. The molecule has 1 heterocycles. The number of Topliss-reactive ketones (excluding diaryl/α,β-unsaturated/α-hetero) is 1. The number of ketones is 1. The third-order valence-electron chi connectivity index (χ3n) is 2.70. The van der Waals surface area contributed by atoms with Gasteiger partial charge in [0.1, 0.15) is 0 Å². The van der Waals surface area contributed by atoms with E-state index in [-0.39, 0.29) is 30.3 Å². The van der Waals surface area contributed by atoms with Gasteiger partial charge >= 0.3 is 0 Å². The lowest BCUT2D eigenvalue weighted by Gasteiger charge is -2.23. The highest BCUT2D eigenvalue weighted by Gasteiger charge is 2.22. The molecule has 0 radical (unpaired) electrons. The van der Waals surface area contributed by atoms with Crippen molar-refractivity contribution in [1.29, 1.82) is 0 Å². The number of hydrogen-bond donors (Lipinski definition) is 1. The van der Waals surface area contributed by atoms with E-state index in [1.165, 1.54) is 11.3 Å². The largest absolute Gasteiger partial charge is 0.353 e. The molecule has 4 nitrogen and oxygen atoms in total. The van der Waals surface area contributed by atoms with Gasteiger partial charge in [0.25, 0.3) is 0 Å². The number of hydrogen-bond acceptors (Lipinski definition) is 4. The number of thiophene rings is 1. The molecule has 1 unspecified atom stereocenters. The molecule has 0 aliphatic heterocycles.